The smallest absolute Gasteiger partial charge is 0.190 e. The third kappa shape index (κ3) is 1.98. The fourth-order valence-corrected chi connectivity index (χ4v) is 1.14. The van der Waals surface area contributed by atoms with Crippen LogP contribution in [0.5, 0.6) is 5.75 Å². The Morgan fingerprint density at radius 3 is 2.54 bits per heavy atom. The van der Waals surface area contributed by atoms with Crippen LogP contribution in [0, 0.1) is 0 Å². The van der Waals surface area contributed by atoms with Gasteiger partial charge in [-0.3, -0.25) is 0 Å². The quantitative estimate of drug-likeness (QED) is 0.709. The summed E-state index contributed by atoms with van der Waals surface area (Å²) in [5.74, 6) is 0.700. The second-order valence-corrected chi connectivity index (χ2v) is 3.25. The van der Waals surface area contributed by atoms with E-state index < -0.39 is 5.67 Å². The molecule has 0 N–H and O–H groups in total. The van der Waals surface area contributed by atoms with Gasteiger partial charge in [0.15, 0.2) is 5.67 Å². The number of rotatable bonds is 3. The Labute approximate surface area is 76.3 Å². The Balaban J connectivity index is 1.86. The fourth-order valence-electron chi connectivity index (χ4n) is 1.14. The van der Waals surface area contributed by atoms with Crippen molar-refractivity contribution >= 4 is 0 Å². The normalized spacial score (nSPS) is 19.2. The number of ether oxygens (including phenoxy) is 2. The van der Waals surface area contributed by atoms with E-state index >= 15 is 0 Å². The minimum atomic E-state index is -1.27. The molecule has 1 fully saturated rings. The summed E-state index contributed by atoms with van der Waals surface area (Å²) in [6.45, 7) is 0.386. The summed E-state index contributed by atoms with van der Waals surface area (Å²) < 4.78 is 23.4. The number of hydrogen-bond acceptors (Lipinski definition) is 2. The molecule has 1 aromatic carbocycles. The predicted molar refractivity (Wildman–Crippen MR) is 46.6 cm³/mol. The number of benzene rings is 1. The summed E-state index contributed by atoms with van der Waals surface area (Å²) in [5.41, 5.74) is -1.27. The molecular formula is C10H11FO2. The van der Waals surface area contributed by atoms with Crippen LogP contribution < -0.4 is 4.74 Å². The van der Waals surface area contributed by atoms with E-state index in [0.29, 0.717) is 5.75 Å². The van der Waals surface area contributed by atoms with Gasteiger partial charge in [-0.15, -0.1) is 0 Å². The van der Waals surface area contributed by atoms with Gasteiger partial charge in [0.1, 0.15) is 12.4 Å². The molecule has 1 aromatic rings. The average molecular weight is 182 g/mol. The van der Waals surface area contributed by atoms with Gasteiger partial charge in [-0.2, -0.15) is 0 Å². The highest BCUT2D eigenvalue weighted by Gasteiger charge is 2.39. The molecule has 0 bridgehead atoms. The highest BCUT2D eigenvalue weighted by molar-refractivity contribution is 5.21. The first kappa shape index (κ1) is 8.51. The molecule has 0 unspecified atom stereocenters. The summed E-state index contributed by atoms with van der Waals surface area (Å²) >= 11 is 0. The molecular weight excluding hydrogens is 171 g/mol. The van der Waals surface area contributed by atoms with E-state index in [1.165, 1.54) is 0 Å². The lowest BCUT2D eigenvalue weighted by molar-refractivity contribution is -0.146. The van der Waals surface area contributed by atoms with E-state index in [2.05, 4.69) is 0 Å². The molecule has 3 heteroatoms. The zero-order valence-electron chi connectivity index (χ0n) is 7.20. The van der Waals surface area contributed by atoms with E-state index in [4.69, 9.17) is 9.47 Å². The largest absolute Gasteiger partial charge is 0.490 e. The lowest BCUT2D eigenvalue weighted by Gasteiger charge is -2.33. The second kappa shape index (κ2) is 3.34. The van der Waals surface area contributed by atoms with E-state index in [0.717, 1.165) is 0 Å². The monoisotopic (exact) mass is 182 g/mol. The Kier molecular flexibility index (Phi) is 2.19. The molecule has 2 rings (SSSR count). The summed E-state index contributed by atoms with van der Waals surface area (Å²) in [4.78, 5) is 0. The van der Waals surface area contributed by atoms with Crippen LogP contribution in [0.4, 0.5) is 4.39 Å². The molecule has 70 valence electrons. The summed E-state index contributed by atoms with van der Waals surface area (Å²) in [5, 5.41) is 0. The van der Waals surface area contributed by atoms with Crippen LogP contribution >= 0.6 is 0 Å². The van der Waals surface area contributed by atoms with Crippen LogP contribution in [0.3, 0.4) is 0 Å². The fraction of sp³-hybridized carbons (Fsp3) is 0.400. The van der Waals surface area contributed by atoms with Crippen molar-refractivity contribution in [3.05, 3.63) is 30.3 Å². The Morgan fingerprint density at radius 2 is 2.00 bits per heavy atom. The molecule has 1 aliphatic rings. The minimum Gasteiger partial charge on any atom is -0.490 e. The van der Waals surface area contributed by atoms with Gasteiger partial charge in [-0.05, 0) is 12.1 Å². The van der Waals surface area contributed by atoms with Gasteiger partial charge in [0.05, 0.1) is 13.2 Å². The molecule has 1 saturated heterocycles. The van der Waals surface area contributed by atoms with Crippen molar-refractivity contribution in [3.63, 3.8) is 0 Å². The van der Waals surface area contributed by atoms with Crippen LogP contribution in [-0.2, 0) is 4.74 Å². The molecule has 13 heavy (non-hydrogen) atoms. The molecule has 0 saturated carbocycles. The Hall–Kier alpha value is -1.09. The molecule has 0 aliphatic carbocycles. The van der Waals surface area contributed by atoms with Gasteiger partial charge < -0.3 is 9.47 Å². The molecule has 0 spiro atoms. The molecule has 1 heterocycles. The van der Waals surface area contributed by atoms with Gasteiger partial charge in [-0.25, -0.2) is 4.39 Å². The van der Waals surface area contributed by atoms with Crippen molar-refractivity contribution < 1.29 is 13.9 Å². The predicted octanol–water partition coefficient (Wildman–Crippen LogP) is 1.80. The van der Waals surface area contributed by atoms with Gasteiger partial charge in [0, 0.05) is 0 Å². The van der Waals surface area contributed by atoms with Crippen molar-refractivity contribution in [2.75, 3.05) is 19.8 Å². The molecule has 0 atom stereocenters. The second-order valence-electron chi connectivity index (χ2n) is 3.25. The molecule has 1 aliphatic heterocycles. The van der Waals surface area contributed by atoms with Crippen LogP contribution in [0.1, 0.15) is 0 Å². The lowest BCUT2D eigenvalue weighted by atomic mass is 10.1. The van der Waals surface area contributed by atoms with Crippen molar-refractivity contribution in [1.29, 1.82) is 0 Å². The third-order valence-electron chi connectivity index (χ3n) is 1.96. The summed E-state index contributed by atoms with van der Waals surface area (Å²) in [6, 6.07) is 9.23. The van der Waals surface area contributed by atoms with Crippen LogP contribution in [-0.4, -0.2) is 25.5 Å². The van der Waals surface area contributed by atoms with Gasteiger partial charge in [-0.1, -0.05) is 18.2 Å². The van der Waals surface area contributed by atoms with Crippen molar-refractivity contribution in [3.8, 4) is 5.75 Å². The molecule has 0 amide bonds. The molecule has 0 radical (unpaired) electrons. The SMILES string of the molecule is FC1(COc2ccccc2)COC1. The zero-order chi connectivity index (χ0) is 9.15. The van der Waals surface area contributed by atoms with Crippen LogP contribution in [0.15, 0.2) is 30.3 Å². The van der Waals surface area contributed by atoms with Gasteiger partial charge >= 0.3 is 0 Å². The highest BCUT2D eigenvalue weighted by Crippen LogP contribution is 2.23. The maximum Gasteiger partial charge on any atom is 0.190 e. The van der Waals surface area contributed by atoms with E-state index in [1.54, 1.807) is 0 Å². The number of para-hydroxylation sites is 1. The highest BCUT2D eigenvalue weighted by atomic mass is 19.1. The van der Waals surface area contributed by atoms with Gasteiger partial charge in [0.25, 0.3) is 0 Å². The summed E-state index contributed by atoms with van der Waals surface area (Å²) in [6.07, 6.45) is 0. The van der Waals surface area contributed by atoms with Crippen molar-refractivity contribution in [2.24, 2.45) is 0 Å². The van der Waals surface area contributed by atoms with Crippen LogP contribution in [0.2, 0.25) is 0 Å². The van der Waals surface area contributed by atoms with E-state index in [-0.39, 0.29) is 19.8 Å². The maximum absolute atomic E-state index is 13.3. The molecule has 2 nitrogen and oxygen atoms in total. The first-order valence-corrected chi connectivity index (χ1v) is 4.23. The Bertz CT molecular complexity index is 270. The first-order valence-electron chi connectivity index (χ1n) is 4.23. The number of halogens is 1. The number of alkyl halides is 1. The average Bonchev–Trinajstić information content (AvgIpc) is 2.13. The van der Waals surface area contributed by atoms with E-state index in [9.17, 15) is 4.39 Å². The van der Waals surface area contributed by atoms with E-state index in [1.807, 2.05) is 30.3 Å². The van der Waals surface area contributed by atoms with Crippen molar-refractivity contribution in [2.45, 2.75) is 5.67 Å². The Morgan fingerprint density at radius 1 is 1.31 bits per heavy atom. The van der Waals surface area contributed by atoms with Gasteiger partial charge in [0.2, 0.25) is 0 Å². The lowest BCUT2D eigenvalue weighted by Crippen LogP contribution is -2.50. The number of hydrogen-bond donors (Lipinski definition) is 0. The summed E-state index contributed by atoms with van der Waals surface area (Å²) in [7, 11) is 0. The topological polar surface area (TPSA) is 18.5 Å². The minimum absolute atomic E-state index is 0.0804. The zero-order valence-corrected chi connectivity index (χ0v) is 7.20. The standard InChI is InChI=1S/C10H11FO2/c11-10(6-12-7-10)8-13-9-4-2-1-3-5-9/h1-5H,6-8H2. The van der Waals surface area contributed by atoms with Crippen LogP contribution in [0.25, 0.3) is 0 Å². The maximum atomic E-state index is 13.3. The first-order chi connectivity index (χ1) is 6.29. The molecule has 0 aromatic heterocycles. The van der Waals surface area contributed by atoms with Crippen molar-refractivity contribution in [1.82, 2.24) is 0 Å². The third-order valence-corrected chi connectivity index (χ3v) is 1.96.